The van der Waals surface area contributed by atoms with E-state index in [2.05, 4.69) is 20.7 Å². The van der Waals surface area contributed by atoms with E-state index >= 15 is 0 Å². The Hall–Kier alpha value is -3.20. The van der Waals surface area contributed by atoms with Crippen LogP contribution in [0.2, 0.25) is 0 Å². The second-order valence-electron chi connectivity index (χ2n) is 7.42. The molecule has 3 aromatic rings. The zero-order valence-corrected chi connectivity index (χ0v) is 16.4. The second kappa shape index (κ2) is 7.43. The summed E-state index contributed by atoms with van der Waals surface area (Å²) in [6.07, 6.45) is 3.11. The number of carbonyl (C=O) groups is 1. The van der Waals surface area contributed by atoms with Crippen LogP contribution < -0.4 is 16.2 Å². The van der Waals surface area contributed by atoms with Gasteiger partial charge in [0.05, 0.1) is 23.1 Å². The van der Waals surface area contributed by atoms with Crippen molar-refractivity contribution in [3.8, 4) is 11.3 Å². The van der Waals surface area contributed by atoms with E-state index in [9.17, 15) is 14.7 Å². The molecular weight excluding hydrogens is 360 g/mol. The fraction of sp³-hybridized carbons (Fsp3) is 0.368. The van der Waals surface area contributed by atoms with E-state index in [1.165, 1.54) is 15.3 Å². The summed E-state index contributed by atoms with van der Waals surface area (Å²) < 4.78 is 2.90. The number of carbonyl (C=O) groups excluding carboxylic acids is 1. The molecule has 3 rings (SSSR count). The Morgan fingerprint density at radius 1 is 1.36 bits per heavy atom. The van der Waals surface area contributed by atoms with Gasteiger partial charge in [0, 0.05) is 38.9 Å². The second-order valence-corrected chi connectivity index (χ2v) is 7.42. The van der Waals surface area contributed by atoms with E-state index in [0.29, 0.717) is 29.1 Å². The van der Waals surface area contributed by atoms with Crippen LogP contribution in [-0.2, 0) is 7.05 Å². The molecule has 0 aliphatic heterocycles. The predicted octanol–water partition coefficient (Wildman–Crippen LogP) is 0.885. The Morgan fingerprint density at radius 2 is 2.11 bits per heavy atom. The molecule has 0 bridgehead atoms. The highest BCUT2D eigenvalue weighted by molar-refractivity contribution is 5.94. The van der Waals surface area contributed by atoms with Crippen LogP contribution in [-0.4, -0.2) is 50.4 Å². The summed E-state index contributed by atoms with van der Waals surface area (Å²) in [5, 5.41) is 19.7. The molecule has 0 unspecified atom stereocenters. The topological polar surface area (TPSA) is 114 Å². The summed E-state index contributed by atoms with van der Waals surface area (Å²) in [5.74, 6) is -0.360. The lowest BCUT2D eigenvalue weighted by molar-refractivity contribution is 0.0904. The molecule has 1 amide bonds. The van der Waals surface area contributed by atoms with Gasteiger partial charge in [0.2, 0.25) is 0 Å². The minimum absolute atomic E-state index is 0.0516. The Bertz CT molecular complexity index is 1080. The van der Waals surface area contributed by atoms with Gasteiger partial charge in [-0.2, -0.15) is 5.10 Å². The highest BCUT2D eigenvalue weighted by atomic mass is 16.3. The molecule has 0 aromatic carbocycles. The molecular formula is C19H24N6O3. The normalized spacial score (nSPS) is 11.6. The predicted molar refractivity (Wildman–Crippen MR) is 106 cm³/mol. The largest absolute Gasteiger partial charge is 0.396 e. The van der Waals surface area contributed by atoms with Gasteiger partial charge < -0.3 is 20.3 Å². The molecule has 0 aliphatic rings. The van der Waals surface area contributed by atoms with Crippen LogP contribution in [0, 0.1) is 5.41 Å². The number of imidazole rings is 1. The lowest BCUT2D eigenvalue weighted by Gasteiger charge is -2.21. The van der Waals surface area contributed by atoms with Crippen molar-refractivity contribution in [1.29, 1.82) is 0 Å². The van der Waals surface area contributed by atoms with Crippen molar-refractivity contribution in [2.75, 3.05) is 25.5 Å². The number of hydrogen-bond acceptors (Lipinski definition) is 6. The minimum atomic E-state index is -0.443. The third-order valence-electron chi connectivity index (χ3n) is 4.52. The number of pyridine rings is 1. The van der Waals surface area contributed by atoms with Crippen LogP contribution in [0.15, 0.2) is 35.4 Å². The molecule has 0 aliphatic carbocycles. The first-order chi connectivity index (χ1) is 13.3. The lowest BCUT2D eigenvalue weighted by atomic mass is 9.95. The van der Waals surface area contributed by atoms with Crippen molar-refractivity contribution in [3.05, 3.63) is 46.6 Å². The van der Waals surface area contributed by atoms with Gasteiger partial charge in [-0.25, -0.2) is 9.50 Å². The van der Waals surface area contributed by atoms with E-state index in [1.54, 1.807) is 38.5 Å². The molecule has 3 heterocycles. The van der Waals surface area contributed by atoms with Crippen LogP contribution in [0.5, 0.6) is 0 Å². The molecule has 0 radical (unpaired) electrons. The van der Waals surface area contributed by atoms with Gasteiger partial charge >= 0.3 is 0 Å². The lowest BCUT2D eigenvalue weighted by Crippen LogP contribution is -2.36. The number of amides is 1. The zero-order chi connectivity index (χ0) is 20.5. The van der Waals surface area contributed by atoms with Crippen LogP contribution in [0.3, 0.4) is 0 Å². The number of anilines is 1. The van der Waals surface area contributed by atoms with E-state index in [-0.39, 0.29) is 23.8 Å². The van der Waals surface area contributed by atoms with Crippen molar-refractivity contribution in [2.45, 2.75) is 13.8 Å². The number of aliphatic hydroxyl groups excluding tert-OH is 1. The first kappa shape index (κ1) is 19.6. The molecule has 148 valence electrons. The number of aryl methyl sites for hydroxylation is 1. The fourth-order valence-corrected chi connectivity index (χ4v) is 2.70. The number of fused-ring (bicyclic) bond motifs is 1. The summed E-state index contributed by atoms with van der Waals surface area (Å²) >= 11 is 0. The Balaban J connectivity index is 2.08. The maximum atomic E-state index is 12.7. The molecule has 0 atom stereocenters. The monoisotopic (exact) mass is 384 g/mol. The number of hydrogen-bond donors (Lipinski definition) is 3. The molecule has 0 fully saturated rings. The summed E-state index contributed by atoms with van der Waals surface area (Å²) in [5.41, 5.74) is 1.59. The first-order valence-corrected chi connectivity index (χ1v) is 8.89. The van der Waals surface area contributed by atoms with Crippen LogP contribution in [0.4, 0.5) is 5.69 Å². The molecule has 28 heavy (non-hydrogen) atoms. The van der Waals surface area contributed by atoms with Crippen molar-refractivity contribution >= 4 is 17.2 Å². The standard InChI is InChI=1S/C19H24N6O3/c1-19(2,11-26)10-22-17(27)15-9-21-16-14(20-3)8-13(23-25(15)16)12-6-5-7-24(4)18(12)28/h5-9,20,26H,10-11H2,1-4H3,(H,22,27). The van der Waals surface area contributed by atoms with Gasteiger partial charge in [0.15, 0.2) is 11.3 Å². The average molecular weight is 384 g/mol. The maximum absolute atomic E-state index is 12.7. The SMILES string of the molecule is CNc1cc(-c2cccn(C)c2=O)nn2c(C(=O)NCC(C)(C)CO)cnc12. The van der Waals surface area contributed by atoms with Crippen LogP contribution in [0.1, 0.15) is 24.3 Å². The third-order valence-corrected chi connectivity index (χ3v) is 4.52. The average Bonchev–Trinajstić information content (AvgIpc) is 3.11. The van der Waals surface area contributed by atoms with Gasteiger partial charge in [-0.15, -0.1) is 0 Å². The van der Waals surface area contributed by atoms with E-state index < -0.39 is 5.41 Å². The number of aliphatic hydroxyl groups is 1. The number of nitrogens with one attached hydrogen (secondary N) is 2. The summed E-state index contributed by atoms with van der Waals surface area (Å²) in [4.78, 5) is 29.4. The van der Waals surface area contributed by atoms with E-state index in [4.69, 9.17) is 0 Å². The summed E-state index contributed by atoms with van der Waals surface area (Å²) in [6, 6.07) is 5.19. The molecule has 0 saturated heterocycles. The first-order valence-electron chi connectivity index (χ1n) is 8.89. The molecule has 0 spiro atoms. The molecule has 3 aromatic heterocycles. The van der Waals surface area contributed by atoms with Crippen LogP contribution in [0.25, 0.3) is 16.9 Å². The van der Waals surface area contributed by atoms with Crippen molar-refractivity contribution in [1.82, 2.24) is 24.5 Å². The van der Waals surface area contributed by atoms with Gasteiger partial charge in [-0.3, -0.25) is 9.59 Å². The molecule has 3 N–H and O–H groups in total. The smallest absolute Gasteiger partial charge is 0.271 e. The van der Waals surface area contributed by atoms with Gasteiger partial charge in [-0.1, -0.05) is 13.8 Å². The van der Waals surface area contributed by atoms with Crippen molar-refractivity contribution < 1.29 is 9.90 Å². The number of aromatic nitrogens is 4. The highest BCUT2D eigenvalue weighted by Crippen LogP contribution is 2.22. The third kappa shape index (κ3) is 3.61. The number of nitrogens with zero attached hydrogens (tertiary/aromatic N) is 4. The fourth-order valence-electron chi connectivity index (χ4n) is 2.70. The minimum Gasteiger partial charge on any atom is -0.396 e. The Kier molecular flexibility index (Phi) is 5.19. The summed E-state index contributed by atoms with van der Waals surface area (Å²) in [7, 11) is 3.41. The molecule has 0 saturated carbocycles. The van der Waals surface area contributed by atoms with Gasteiger partial charge in [-0.05, 0) is 18.2 Å². The van der Waals surface area contributed by atoms with Crippen LogP contribution >= 0.6 is 0 Å². The Labute approximate surface area is 162 Å². The van der Waals surface area contributed by atoms with Gasteiger partial charge in [0.1, 0.15) is 0 Å². The zero-order valence-electron chi connectivity index (χ0n) is 16.4. The molecule has 9 nitrogen and oxygen atoms in total. The molecule has 9 heteroatoms. The quantitative estimate of drug-likeness (QED) is 0.582. The highest BCUT2D eigenvalue weighted by Gasteiger charge is 2.21. The number of rotatable bonds is 6. The Morgan fingerprint density at radius 3 is 2.79 bits per heavy atom. The van der Waals surface area contributed by atoms with E-state index in [0.717, 1.165) is 0 Å². The maximum Gasteiger partial charge on any atom is 0.271 e. The van der Waals surface area contributed by atoms with Gasteiger partial charge in [0.25, 0.3) is 11.5 Å². The van der Waals surface area contributed by atoms with Crippen molar-refractivity contribution in [2.24, 2.45) is 12.5 Å². The summed E-state index contributed by atoms with van der Waals surface area (Å²) in [6.45, 7) is 3.95. The van der Waals surface area contributed by atoms with Crippen molar-refractivity contribution in [3.63, 3.8) is 0 Å². The van der Waals surface area contributed by atoms with E-state index in [1.807, 2.05) is 13.8 Å².